The van der Waals surface area contributed by atoms with Gasteiger partial charge in [0.15, 0.2) is 5.65 Å². The summed E-state index contributed by atoms with van der Waals surface area (Å²) in [6, 6.07) is 2.79. The molecule has 5 rings (SSSR count). The van der Waals surface area contributed by atoms with Crippen LogP contribution in [0.1, 0.15) is 59.2 Å². The molecule has 2 N–H and O–H groups in total. The van der Waals surface area contributed by atoms with Crippen LogP contribution in [0, 0.1) is 5.82 Å². The van der Waals surface area contributed by atoms with Crippen LogP contribution in [0.25, 0.3) is 5.65 Å². The zero-order chi connectivity index (χ0) is 25.8. The van der Waals surface area contributed by atoms with E-state index in [0.29, 0.717) is 42.6 Å². The number of ether oxygens (including phenoxy) is 2. The van der Waals surface area contributed by atoms with Crippen molar-refractivity contribution in [2.24, 2.45) is 0 Å². The summed E-state index contributed by atoms with van der Waals surface area (Å²) in [6.07, 6.45) is 10.8. The van der Waals surface area contributed by atoms with Gasteiger partial charge in [0, 0.05) is 30.7 Å². The highest BCUT2D eigenvalue weighted by atomic mass is 32.2. The topological polar surface area (TPSA) is 107 Å². The average molecular weight is 528 g/mol. The first-order valence-electron chi connectivity index (χ1n) is 12.5. The number of amides is 2. The number of nitrogens with zero attached hydrogens (tertiary/aromatic N) is 3. The monoisotopic (exact) mass is 527 g/mol. The number of halogens is 1. The molecule has 0 unspecified atom stereocenters. The van der Waals surface area contributed by atoms with Gasteiger partial charge in [0.2, 0.25) is 5.88 Å². The molecule has 0 atom stereocenters. The maximum atomic E-state index is 14.0. The number of aromatic nitrogens is 3. The Morgan fingerprint density at radius 1 is 1.03 bits per heavy atom. The first kappa shape index (κ1) is 25.3. The van der Waals surface area contributed by atoms with Gasteiger partial charge in [0.1, 0.15) is 28.8 Å². The summed E-state index contributed by atoms with van der Waals surface area (Å²) >= 11 is 1.87. The minimum absolute atomic E-state index is 0.0174. The Labute approximate surface area is 218 Å². The van der Waals surface area contributed by atoms with Crippen molar-refractivity contribution in [1.29, 1.82) is 0 Å². The second-order valence-electron chi connectivity index (χ2n) is 9.35. The molecule has 3 aromatic rings. The Balaban J connectivity index is 1.18. The van der Waals surface area contributed by atoms with Gasteiger partial charge in [0.05, 0.1) is 13.3 Å². The van der Waals surface area contributed by atoms with Crippen molar-refractivity contribution in [3.63, 3.8) is 0 Å². The highest BCUT2D eigenvalue weighted by Gasteiger charge is 2.28. The minimum atomic E-state index is -0.578. The van der Waals surface area contributed by atoms with Crippen LogP contribution >= 0.6 is 11.8 Å². The maximum Gasteiger partial charge on any atom is 0.259 e. The van der Waals surface area contributed by atoms with Crippen LogP contribution in [0.15, 0.2) is 36.9 Å². The van der Waals surface area contributed by atoms with E-state index in [0.717, 1.165) is 30.5 Å². The van der Waals surface area contributed by atoms with Gasteiger partial charge in [-0.2, -0.15) is 11.8 Å². The van der Waals surface area contributed by atoms with E-state index < -0.39 is 11.7 Å². The lowest BCUT2D eigenvalue weighted by molar-refractivity contribution is 0.0884. The third kappa shape index (κ3) is 5.82. The molecule has 2 amide bonds. The summed E-state index contributed by atoms with van der Waals surface area (Å²) in [6.45, 7) is 0. The SMILES string of the molecule is COc1ccn2ccnc2c1C(=O)N[C@H]1CC[C@@H](NC(=O)c2cc(F)cnc2OC2CCSCC2)CC1. The lowest BCUT2D eigenvalue weighted by Gasteiger charge is -2.30. The molecule has 2 fully saturated rings. The van der Waals surface area contributed by atoms with Crippen molar-refractivity contribution in [1.82, 2.24) is 25.0 Å². The van der Waals surface area contributed by atoms with E-state index in [9.17, 15) is 14.0 Å². The Morgan fingerprint density at radius 2 is 1.73 bits per heavy atom. The Kier molecular flexibility index (Phi) is 7.78. The number of nitrogens with one attached hydrogen (secondary N) is 2. The summed E-state index contributed by atoms with van der Waals surface area (Å²) in [5, 5.41) is 6.10. The minimum Gasteiger partial charge on any atom is -0.496 e. The number of imidazole rings is 1. The van der Waals surface area contributed by atoms with Gasteiger partial charge in [-0.25, -0.2) is 14.4 Å². The maximum absolute atomic E-state index is 14.0. The zero-order valence-corrected chi connectivity index (χ0v) is 21.4. The fourth-order valence-corrected chi connectivity index (χ4v) is 5.95. The van der Waals surface area contributed by atoms with E-state index in [1.54, 1.807) is 29.1 Å². The van der Waals surface area contributed by atoms with Crippen molar-refractivity contribution in [3.05, 3.63) is 53.9 Å². The molecule has 9 nitrogen and oxygen atoms in total. The molecule has 196 valence electrons. The van der Waals surface area contributed by atoms with Crippen LogP contribution in [0.2, 0.25) is 0 Å². The number of thioether (sulfide) groups is 1. The Hall–Kier alpha value is -3.34. The van der Waals surface area contributed by atoms with Gasteiger partial charge in [0.25, 0.3) is 11.8 Å². The third-order valence-corrected chi connectivity index (χ3v) is 7.93. The summed E-state index contributed by atoms with van der Waals surface area (Å²) < 4.78 is 27.1. The predicted molar refractivity (Wildman–Crippen MR) is 138 cm³/mol. The average Bonchev–Trinajstić information content (AvgIpc) is 3.39. The van der Waals surface area contributed by atoms with Crippen molar-refractivity contribution in [2.45, 2.75) is 56.7 Å². The van der Waals surface area contributed by atoms with E-state index in [1.807, 2.05) is 11.8 Å². The fraction of sp³-hybridized carbons (Fsp3) is 0.462. The second kappa shape index (κ2) is 11.4. The summed E-state index contributed by atoms with van der Waals surface area (Å²) in [7, 11) is 1.53. The molecule has 1 aliphatic carbocycles. The molecule has 2 aliphatic rings. The molecule has 1 aliphatic heterocycles. The largest absolute Gasteiger partial charge is 0.496 e. The smallest absolute Gasteiger partial charge is 0.259 e. The highest BCUT2D eigenvalue weighted by Crippen LogP contribution is 2.27. The molecule has 3 aromatic heterocycles. The summed E-state index contributed by atoms with van der Waals surface area (Å²) in [4.78, 5) is 34.5. The number of rotatable bonds is 7. The van der Waals surface area contributed by atoms with Crippen LogP contribution in [0.3, 0.4) is 0 Å². The van der Waals surface area contributed by atoms with Crippen LogP contribution in [-0.2, 0) is 0 Å². The van der Waals surface area contributed by atoms with Gasteiger partial charge >= 0.3 is 0 Å². The van der Waals surface area contributed by atoms with Gasteiger partial charge in [-0.15, -0.1) is 0 Å². The van der Waals surface area contributed by atoms with Crippen molar-refractivity contribution >= 4 is 29.2 Å². The summed E-state index contributed by atoms with van der Waals surface area (Å²) in [5.74, 6) is 1.43. The molecule has 0 bridgehead atoms. The molecule has 0 aromatic carbocycles. The second-order valence-corrected chi connectivity index (χ2v) is 10.6. The van der Waals surface area contributed by atoms with E-state index in [-0.39, 0.29) is 35.5 Å². The lowest BCUT2D eigenvalue weighted by Crippen LogP contribution is -2.44. The number of carbonyl (C=O) groups excluding carboxylic acids is 2. The van der Waals surface area contributed by atoms with E-state index in [1.165, 1.54) is 13.2 Å². The van der Waals surface area contributed by atoms with Crippen molar-refractivity contribution in [2.75, 3.05) is 18.6 Å². The van der Waals surface area contributed by atoms with Gasteiger partial charge < -0.3 is 24.5 Å². The molecular weight excluding hydrogens is 497 g/mol. The van der Waals surface area contributed by atoms with Crippen LogP contribution < -0.4 is 20.1 Å². The van der Waals surface area contributed by atoms with E-state index in [2.05, 4.69) is 20.6 Å². The number of fused-ring (bicyclic) bond motifs is 1. The number of carbonyl (C=O) groups is 2. The standard InChI is InChI=1S/C26H30FN5O4S/c1-35-21-6-10-32-11-9-28-23(32)22(21)25(34)31-18-4-2-17(3-5-18)30-24(33)20-14-16(27)15-29-26(20)36-19-7-12-37-13-8-19/h6,9-11,14-15,17-19H,2-5,7-8,12-13H2,1H3,(H,30,33)(H,31,34)/t17-,18+. The first-order chi connectivity index (χ1) is 18.0. The van der Waals surface area contributed by atoms with Crippen LogP contribution in [0.5, 0.6) is 11.6 Å². The quantitative estimate of drug-likeness (QED) is 0.483. The Bertz CT molecular complexity index is 1270. The lowest BCUT2D eigenvalue weighted by atomic mass is 9.90. The normalized spacial score (nSPS) is 20.4. The highest BCUT2D eigenvalue weighted by molar-refractivity contribution is 7.99. The van der Waals surface area contributed by atoms with Crippen LogP contribution in [0.4, 0.5) is 4.39 Å². The molecular formula is C26H30FN5O4S. The number of pyridine rings is 2. The van der Waals surface area contributed by atoms with Crippen LogP contribution in [-0.4, -0.2) is 63.0 Å². The molecule has 1 saturated heterocycles. The number of hydrogen-bond donors (Lipinski definition) is 2. The fourth-order valence-electron chi connectivity index (χ4n) is 4.89. The van der Waals surface area contributed by atoms with Crippen molar-refractivity contribution < 1.29 is 23.5 Å². The molecule has 0 radical (unpaired) electrons. The van der Waals surface area contributed by atoms with E-state index in [4.69, 9.17) is 9.47 Å². The number of hydrogen-bond acceptors (Lipinski definition) is 7. The summed E-state index contributed by atoms with van der Waals surface area (Å²) in [5.41, 5.74) is 1.05. The van der Waals surface area contributed by atoms with Crippen molar-refractivity contribution in [3.8, 4) is 11.6 Å². The molecule has 11 heteroatoms. The van der Waals surface area contributed by atoms with Gasteiger partial charge in [-0.3, -0.25) is 9.59 Å². The van der Waals surface area contributed by atoms with Gasteiger partial charge in [-0.1, -0.05) is 0 Å². The molecule has 0 spiro atoms. The molecule has 4 heterocycles. The third-order valence-electron chi connectivity index (χ3n) is 6.88. The van der Waals surface area contributed by atoms with E-state index >= 15 is 0 Å². The van der Waals surface area contributed by atoms with Gasteiger partial charge in [-0.05, 0) is 62.2 Å². The molecule has 37 heavy (non-hydrogen) atoms. The first-order valence-corrected chi connectivity index (χ1v) is 13.7. The predicted octanol–water partition coefficient (Wildman–Crippen LogP) is 3.62. The zero-order valence-electron chi connectivity index (χ0n) is 20.6. The number of methoxy groups -OCH3 is 1. The molecule has 1 saturated carbocycles. The Morgan fingerprint density at radius 3 is 2.43 bits per heavy atom.